The van der Waals surface area contributed by atoms with Crippen LogP contribution in [0.3, 0.4) is 0 Å². The van der Waals surface area contributed by atoms with Crippen LogP contribution in [0.1, 0.15) is 57.7 Å². The summed E-state index contributed by atoms with van der Waals surface area (Å²) < 4.78 is 0. The fourth-order valence-electron chi connectivity index (χ4n) is 2.15. The first-order chi connectivity index (χ1) is 9.21. The summed E-state index contributed by atoms with van der Waals surface area (Å²) in [5.41, 5.74) is 2.92. The number of hydrogen-bond acceptors (Lipinski definition) is 2. The summed E-state index contributed by atoms with van der Waals surface area (Å²) in [6.07, 6.45) is 3.65. The third-order valence-electron chi connectivity index (χ3n) is 3.46. The van der Waals surface area contributed by atoms with Crippen molar-refractivity contribution < 1.29 is 0 Å². The zero-order chi connectivity index (χ0) is 14.1. The minimum Gasteiger partial charge on any atom is -0.310 e. The molecule has 2 atom stereocenters. The van der Waals surface area contributed by atoms with E-state index in [1.807, 2.05) is 0 Å². The summed E-state index contributed by atoms with van der Waals surface area (Å²) in [4.78, 5) is 0. The molecule has 0 radical (unpaired) electrons. The molecule has 1 aromatic carbocycles. The van der Waals surface area contributed by atoms with Crippen LogP contribution in [-0.4, -0.2) is 17.5 Å². The summed E-state index contributed by atoms with van der Waals surface area (Å²) in [6.45, 7) is 10.1. The molecular formula is C17H29NS. The highest BCUT2D eigenvalue weighted by Crippen LogP contribution is 2.23. The van der Waals surface area contributed by atoms with E-state index in [0.717, 1.165) is 11.8 Å². The molecule has 0 saturated heterocycles. The Balaban J connectivity index is 2.71. The first-order valence-electron chi connectivity index (χ1n) is 7.65. The molecule has 0 aliphatic carbocycles. The Kier molecular flexibility index (Phi) is 8.24. The molecule has 0 heterocycles. The molecule has 108 valence electrons. The molecule has 2 heteroatoms. The summed E-state index contributed by atoms with van der Waals surface area (Å²) in [6, 6.07) is 9.59. The Morgan fingerprint density at radius 1 is 1.21 bits per heavy atom. The van der Waals surface area contributed by atoms with E-state index >= 15 is 0 Å². The van der Waals surface area contributed by atoms with Gasteiger partial charge in [0.25, 0.3) is 0 Å². The van der Waals surface area contributed by atoms with Gasteiger partial charge < -0.3 is 5.32 Å². The van der Waals surface area contributed by atoms with Gasteiger partial charge in [-0.25, -0.2) is 0 Å². The zero-order valence-electron chi connectivity index (χ0n) is 12.9. The van der Waals surface area contributed by atoms with E-state index in [9.17, 15) is 0 Å². The van der Waals surface area contributed by atoms with Crippen molar-refractivity contribution in [3.8, 4) is 0 Å². The van der Waals surface area contributed by atoms with Gasteiger partial charge in [-0.1, -0.05) is 58.4 Å². The molecule has 0 bridgehead atoms. The zero-order valence-corrected chi connectivity index (χ0v) is 13.7. The van der Waals surface area contributed by atoms with Crippen molar-refractivity contribution in [3.05, 3.63) is 35.4 Å². The third-order valence-corrected chi connectivity index (χ3v) is 4.89. The molecule has 0 fully saturated rings. The van der Waals surface area contributed by atoms with Crippen molar-refractivity contribution in [2.75, 3.05) is 12.3 Å². The molecule has 0 spiro atoms. The van der Waals surface area contributed by atoms with Crippen molar-refractivity contribution in [2.24, 2.45) is 0 Å². The van der Waals surface area contributed by atoms with Gasteiger partial charge >= 0.3 is 0 Å². The fraction of sp³-hybridized carbons (Fsp3) is 0.647. The van der Waals surface area contributed by atoms with Crippen LogP contribution in [0.5, 0.6) is 0 Å². The Hall–Kier alpha value is -0.470. The van der Waals surface area contributed by atoms with Crippen molar-refractivity contribution in [1.29, 1.82) is 0 Å². The van der Waals surface area contributed by atoms with Crippen molar-refractivity contribution in [3.63, 3.8) is 0 Å². The van der Waals surface area contributed by atoms with Gasteiger partial charge in [0, 0.05) is 17.0 Å². The number of aryl methyl sites for hydroxylation is 1. The summed E-state index contributed by atoms with van der Waals surface area (Å²) >= 11 is 2.08. The second-order valence-corrected chi connectivity index (χ2v) is 6.63. The van der Waals surface area contributed by atoms with Crippen molar-refractivity contribution >= 4 is 11.8 Å². The van der Waals surface area contributed by atoms with E-state index in [2.05, 4.69) is 69.0 Å². The Labute approximate surface area is 123 Å². The number of thioether (sulfide) groups is 1. The van der Waals surface area contributed by atoms with Crippen LogP contribution in [0.4, 0.5) is 0 Å². The van der Waals surface area contributed by atoms with E-state index in [1.54, 1.807) is 0 Å². The van der Waals surface area contributed by atoms with Crippen LogP contribution in [0.25, 0.3) is 0 Å². The molecule has 2 unspecified atom stereocenters. The van der Waals surface area contributed by atoms with Gasteiger partial charge in [0.2, 0.25) is 0 Å². The topological polar surface area (TPSA) is 12.0 Å². The second kappa shape index (κ2) is 9.44. The van der Waals surface area contributed by atoms with Crippen LogP contribution in [0.2, 0.25) is 0 Å². The van der Waals surface area contributed by atoms with Crippen LogP contribution in [0, 0.1) is 0 Å². The molecule has 0 aliphatic heterocycles. The number of hydrogen-bond donors (Lipinski definition) is 1. The maximum atomic E-state index is 3.63. The maximum absolute atomic E-state index is 3.63. The van der Waals surface area contributed by atoms with Gasteiger partial charge in [-0.3, -0.25) is 0 Å². The summed E-state index contributed by atoms with van der Waals surface area (Å²) in [5, 5.41) is 4.38. The average Bonchev–Trinajstić information content (AvgIpc) is 2.43. The lowest BCUT2D eigenvalue weighted by Gasteiger charge is -2.20. The van der Waals surface area contributed by atoms with Gasteiger partial charge in [-0.2, -0.15) is 11.8 Å². The maximum Gasteiger partial charge on any atom is 0.0411 e. The molecule has 1 aromatic rings. The SMILES string of the molecule is CCCc1cccc(C(CSC(C)CC)NCC)c1. The molecule has 1 N–H and O–H groups in total. The van der Waals surface area contributed by atoms with Crippen LogP contribution in [0.15, 0.2) is 24.3 Å². The monoisotopic (exact) mass is 279 g/mol. The molecule has 19 heavy (non-hydrogen) atoms. The normalized spacial score (nSPS) is 14.3. The third kappa shape index (κ3) is 6.01. The summed E-state index contributed by atoms with van der Waals surface area (Å²) in [7, 11) is 0. The van der Waals surface area contributed by atoms with Crippen LogP contribution < -0.4 is 5.32 Å². The van der Waals surface area contributed by atoms with Crippen LogP contribution in [-0.2, 0) is 6.42 Å². The standard InChI is InChI=1S/C17H29NS/c1-5-9-15-10-8-11-16(12-15)17(18-7-3)13-19-14(4)6-2/h8,10-12,14,17-18H,5-7,9,13H2,1-4H3. The number of nitrogens with one attached hydrogen (secondary N) is 1. The highest BCUT2D eigenvalue weighted by molar-refractivity contribution is 7.99. The Morgan fingerprint density at radius 3 is 2.63 bits per heavy atom. The second-order valence-electron chi connectivity index (χ2n) is 5.16. The van der Waals surface area contributed by atoms with Crippen LogP contribution >= 0.6 is 11.8 Å². The molecular weight excluding hydrogens is 250 g/mol. The summed E-state index contributed by atoms with van der Waals surface area (Å²) in [5.74, 6) is 1.17. The van der Waals surface area contributed by atoms with E-state index in [0.29, 0.717) is 6.04 Å². The van der Waals surface area contributed by atoms with E-state index in [1.165, 1.54) is 36.1 Å². The van der Waals surface area contributed by atoms with Gasteiger partial charge in [0.05, 0.1) is 0 Å². The van der Waals surface area contributed by atoms with Gasteiger partial charge in [-0.05, 0) is 30.5 Å². The smallest absolute Gasteiger partial charge is 0.0411 e. The van der Waals surface area contributed by atoms with E-state index in [-0.39, 0.29) is 0 Å². The molecule has 0 aromatic heterocycles. The lowest BCUT2D eigenvalue weighted by molar-refractivity contribution is 0.604. The first-order valence-corrected chi connectivity index (χ1v) is 8.69. The minimum atomic E-state index is 0.487. The first kappa shape index (κ1) is 16.6. The predicted molar refractivity (Wildman–Crippen MR) is 89.1 cm³/mol. The average molecular weight is 279 g/mol. The van der Waals surface area contributed by atoms with Gasteiger partial charge in [-0.15, -0.1) is 0 Å². The molecule has 1 rings (SSSR count). The molecule has 1 nitrogen and oxygen atoms in total. The van der Waals surface area contributed by atoms with Gasteiger partial charge in [0.1, 0.15) is 0 Å². The minimum absolute atomic E-state index is 0.487. The molecule has 0 saturated carbocycles. The highest BCUT2D eigenvalue weighted by Gasteiger charge is 2.12. The lowest BCUT2D eigenvalue weighted by atomic mass is 10.0. The Morgan fingerprint density at radius 2 is 2.00 bits per heavy atom. The van der Waals surface area contributed by atoms with E-state index in [4.69, 9.17) is 0 Å². The van der Waals surface area contributed by atoms with E-state index < -0.39 is 0 Å². The number of rotatable bonds is 9. The molecule has 0 amide bonds. The van der Waals surface area contributed by atoms with Gasteiger partial charge in [0.15, 0.2) is 0 Å². The quantitative estimate of drug-likeness (QED) is 0.695. The highest BCUT2D eigenvalue weighted by atomic mass is 32.2. The van der Waals surface area contributed by atoms with Crippen molar-refractivity contribution in [1.82, 2.24) is 5.32 Å². The number of benzene rings is 1. The lowest BCUT2D eigenvalue weighted by Crippen LogP contribution is -2.23. The molecule has 0 aliphatic rings. The largest absolute Gasteiger partial charge is 0.310 e. The Bertz CT molecular complexity index is 351. The fourth-order valence-corrected chi connectivity index (χ4v) is 3.22. The van der Waals surface area contributed by atoms with Crippen molar-refractivity contribution in [2.45, 2.75) is 58.2 Å². The predicted octanol–water partition coefficient (Wildman–Crippen LogP) is 4.82.